The first-order valence-electron chi connectivity index (χ1n) is 9.76. The van der Waals surface area contributed by atoms with Crippen LogP contribution < -0.4 is 9.47 Å². The normalized spacial score (nSPS) is 16.1. The molecule has 4 nitrogen and oxygen atoms in total. The molecule has 0 saturated heterocycles. The predicted octanol–water partition coefficient (Wildman–Crippen LogP) is 5.63. The van der Waals surface area contributed by atoms with Crippen LogP contribution in [0.1, 0.15) is 50.0 Å². The molecular formula is C25H26O4. The minimum absolute atomic E-state index is 0.151. The van der Waals surface area contributed by atoms with Crippen molar-refractivity contribution in [3.63, 3.8) is 0 Å². The molecule has 29 heavy (non-hydrogen) atoms. The minimum Gasteiger partial charge on any atom is -0.419 e. The molecule has 0 aliphatic heterocycles. The van der Waals surface area contributed by atoms with Crippen LogP contribution in [0.25, 0.3) is 0 Å². The lowest BCUT2D eigenvalue weighted by Gasteiger charge is -2.21. The van der Waals surface area contributed by atoms with Crippen molar-refractivity contribution in [2.75, 3.05) is 0 Å². The first-order chi connectivity index (χ1) is 13.7. The van der Waals surface area contributed by atoms with Crippen molar-refractivity contribution in [2.24, 2.45) is 5.92 Å². The van der Waals surface area contributed by atoms with Gasteiger partial charge in [-0.15, -0.1) is 0 Å². The molecule has 0 bridgehead atoms. The van der Waals surface area contributed by atoms with E-state index >= 15 is 0 Å². The van der Waals surface area contributed by atoms with Crippen LogP contribution >= 0.6 is 0 Å². The van der Waals surface area contributed by atoms with E-state index in [2.05, 4.69) is 20.8 Å². The fraction of sp³-hybridized carbons (Fsp3) is 0.280. The zero-order valence-electron chi connectivity index (χ0n) is 17.3. The molecule has 0 spiro atoms. The number of rotatable bonds is 4. The third kappa shape index (κ3) is 5.23. The van der Waals surface area contributed by atoms with E-state index in [1.54, 1.807) is 42.5 Å². The summed E-state index contributed by atoms with van der Waals surface area (Å²) >= 11 is 0. The lowest BCUT2D eigenvalue weighted by atomic mass is 9.87. The van der Waals surface area contributed by atoms with Gasteiger partial charge in [-0.1, -0.05) is 70.2 Å². The molecule has 1 unspecified atom stereocenters. The Bertz CT molecular complexity index is 962. The summed E-state index contributed by atoms with van der Waals surface area (Å²) in [4.78, 5) is 25.2. The number of hydrogen-bond acceptors (Lipinski definition) is 4. The van der Waals surface area contributed by atoms with Gasteiger partial charge in [-0.05, 0) is 47.6 Å². The van der Waals surface area contributed by atoms with E-state index in [4.69, 9.17) is 9.47 Å². The fourth-order valence-corrected chi connectivity index (χ4v) is 3.01. The number of esters is 2. The molecule has 0 radical (unpaired) electrons. The van der Waals surface area contributed by atoms with Gasteiger partial charge in [0.2, 0.25) is 0 Å². The van der Waals surface area contributed by atoms with Gasteiger partial charge in [-0.25, -0.2) is 9.59 Å². The van der Waals surface area contributed by atoms with Crippen molar-refractivity contribution >= 4 is 11.9 Å². The van der Waals surface area contributed by atoms with Crippen molar-refractivity contribution < 1.29 is 19.1 Å². The lowest BCUT2D eigenvalue weighted by Crippen LogP contribution is -2.16. The minimum atomic E-state index is -0.503. The maximum Gasteiger partial charge on any atom is 0.343 e. The maximum atomic E-state index is 12.7. The first kappa shape index (κ1) is 20.6. The Labute approximate surface area is 171 Å². The van der Waals surface area contributed by atoms with E-state index in [1.807, 2.05) is 31.2 Å². The SMILES string of the molecule is CC1C=C(C(=O)Oc2cc(C(C)(C)C)ccc2OC(=O)c2ccccc2)C=CC1. The Balaban J connectivity index is 1.91. The highest BCUT2D eigenvalue weighted by Gasteiger charge is 2.22. The summed E-state index contributed by atoms with van der Waals surface area (Å²) < 4.78 is 11.2. The monoisotopic (exact) mass is 390 g/mol. The average molecular weight is 390 g/mol. The van der Waals surface area contributed by atoms with Crippen LogP contribution in [-0.4, -0.2) is 11.9 Å². The highest BCUT2D eigenvalue weighted by atomic mass is 16.6. The second-order valence-corrected chi connectivity index (χ2v) is 8.29. The van der Waals surface area contributed by atoms with Gasteiger partial charge in [0.15, 0.2) is 11.5 Å². The quantitative estimate of drug-likeness (QED) is 0.501. The zero-order chi connectivity index (χ0) is 21.0. The third-order valence-corrected chi connectivity index (χ3v) is 4.73. The van der Waals surface area contributed by atoms with Crippen LogP contribution in [0.3, 0.4) is 0 Å². The van der Waals surface area contributed by atoms with Crippen molar-refractivity contribution in [1.82, 2.24) is 0 Å². The summed E-state index contributed by atoms with van der Waals surface area (Å²) in [5, 5.41) is 0. The molecule has 1 aliphatic rings. The summed E-state index contributed by atoms with van der Waals surface area (Å²) in [6, 6.07) is 14.0. The van der Waals surface area contributed by atoms with Crippen LogP contribution in [0.5, 0.6) is 11.5 Å². The van der Waals surface area contributed by atoms with Crippen molar-refractivity contribution in [3.8, 4) is 11.5 Å². The second-order valence-electron chi connectivity index (χ2n) is 8.29. The average Bonchev–Trinajstić information content (AvgIpc) is 2.69. The van der Waals surface area contributed by atoms with Crippen LogP contribution in [0.4, 0.5) is 0 Å². The van der Waals surface area contributed by atoms with E-state index < -0.39 is 11.9 Å². The van der Waals surface area contributed by atoms with E-state index in [0.29, 0.717) is 11.1 Å². The smallest absolute Gasteiger partial charge is 0.343 e. The van der Waals surface area contributed by atoms with Gasteiger partial charge in [0.05, 0.1) is 11.1 Å². The van der Waals surface area contributed by atoms with Gasteiger partial charge >= 0.3 is 11.9 Å². The molecule has 0 fully saturated rings. The zero-order valence-corrected chi connectivity index (χ0v) is 17.3. The van der Waals surface area contributed by atoms with Gasteiger partial charge in [0.25, 0.3) is 0 Å². The predicted molar refractivity (Wildman–Crippen MR) is 113 cm³/mol. The largest absolute Gasteiger partial charge is 0.419 e. The summed E-state index contributed by atoms with van der Waals surface area (Å²) in [6.07, 6.45) is 6.52. The third-order valence-electron chi connectivity index (χ3n) is 4.73. The number of carbonyl (C=O) groups excluding carboxylic acids is 2. The summed E-state index contributed by atoms with van der Waals surface area (Å²) in [6.45, 7) is 8.25. The highest BCUT2D eigenvalue weighted by molar-refractivity contribution is 5.94. The molecular weight excluding hydrogens is 364 g/mol. The van der Waals surface area contributed by atoms with E-state index in [0.717, 1.165) is 12.0 Å². The molecule has 2 aromatic carbocycles. The van der Waals surface area contributed by atoms with Gasteiger partial charge in [-0.3, -0.25) is 0 Å². The molecule has 0 saturated carbocycles. The second kappa shape index (κ2) is 8.48. The highest BCUT2D eigenvalue weighted by Crippen LogP contribution is 2.34. The number of benzene rings is 2. The van der Waals surface area contributed by atoms with Crippen molar-refractivity contribution in [2.45, 2.75) is 39.5 Å². The van der Waals surface area contributed by atoms with Crippen molar-refractivity contribution in [1.29, 1.82) is 0 Å². The molecule has 1 atom stereocenters. The molecule has 0 N–H and O–H groups in total. The number of hydrogen-bond donors (Lipinski definition) is 0. The molecule has 1 aliphatic carbocycles. The number of allylic oxidation sites excluding steroid dienone is 2. The fourth-order valence-electron chi connectivity index (χ4n) is 3.01. The standard InChI is InChI=1S/C25H26O4/c1-17-9-8-12-19(15-17)24(27)29-22-16-20(25(2,3)4)13-14-21(22)28-23(26)18-10-6-5-7-11-18/h5-8,10-17H,9H2,1-4H3. The molecule has 150 valence electrons. The summed E-state index contributed by atoms with van der Waals surface area (Å²) in [5.41, 5.74) is 1.75. The van der Waals surface area contributed by atoms with Crippen LogP contribution in [0.15, 0.2) is 72.3 Å². The molecule has 0 aromatic heterocycles. The van der Waals surface area contributed by atoms with Crippen LogP contribution in [0.2, 0.25) is 0 Å². The molecule has 2 aromatic rings. The molecule has 0 heterocycles. The molecule has 0 amide bonds. The molecule has 3 rings (SSSR count). The summed E-state index contributed by atoms with van der Waals surface area (Å²) in [7, 11) is 0. The van der Waals surface area contributed by atoms with E-state index in [9.17, 15) is 9.59 Å². The van der Waals surface area contributed by atoms with E-state index in [-0.39, 0.29) is 22.8 Å². The lowest BCUT2D eigenvalue weighted by molar-refractivity contribution is -0.129. The van der Waals surface area contributed by atoms with E-state index in [1.165, 1.54) is 0 Å². The van der Waals surface area contributed by atoms with Crippen LogP contribution in [-0.2, 0) is 10.2 Å². The Morgan fingerprint density at radius 3 is 2.28 bits per heavy atom. The molecule has 4 heteroatoms. The maximum absolute atomic E-state index is 12.7. The van der Waals surface area contributed by atoms with Gasteiger partial charge in [0, 0.05) is 0 Å². The van der Waals surface area contributed by atoms with Crippen molar-refractivity contribution in [3.05, 3.63) is 83.5 Å². The number of ether oxygens (including phenoxy) is 2. The Morgan fingerprint density at radius 1 is 0.931 bits per heavy atom. The Hall–Kier alpha value is -3.14. The topological polar surface area (TPSA) is 52.6 Å². The van der Waals surface area contributed by atoms with Crippen LogP contribution in [0, 0.1) is 5.92 Å². The first-order valence-corrected chi connectivity index (χ1v) is 9.76. The summed E-state index contributed by atoms with van der Waals surface area (Å²) in [5.74, 6) is -0.237. The van der Waals surface area contributed by atoms with Gasteiger partial charge < -0.3 is 9.47 Å². The van der Waals surface area contributed by atoms with Gasteiger partial charge in [-0.2, -0.15) is 0 Å². The Morgan fingerprint density at radius 2 is 1.62 bits per heavy atom. The number of carbonyl (C=O) groups is 2. The Kier molecular flexibility index (Phi) is 6.02. The van der Waals surface area contributed by atoms with Gasteiger partial charge in [0.1, 0.15) is 0 Å².